The van der Waals surface area contributed by atoms with E-state index in [0.29, 0.717) is 5.02 Å². The van der Waals surface area contributed by atoms with Crippen molar-refractivity contribution < 1.29 is 8.42 Å². The summed E-state index contributed by atoms with van der Waals surface area (Å²) in [6, 6.07) is 13.2. The Bertz CT molecular complexity index is 730. The summed E-state index contributed by atoms with van der Waals surface area (Å²) in [7, 11) is -3.68. The van der Waals surface area contributed by atoms with Crippen LogP contribution in [0.1, 0.15) is 5.56 Å². The molecule has 2 rings (SSSR count). The summed E-state index contributed by atoms with van der Waals surface area (Å²) >= 11 is 9.04. The van der Waals surface area contributed by atoms with Crippen LogP contribution in [0, 0.1) is 0 Å². The zero-order valence-corrected chi connectivity index (χ0v) is 13.3. The molecule has 2 aromatic rings. The van der Waals surface area contributed by atoms with Crippen LogP contribution in [-0.4, -0.2) is 14.6 Å². The number of halogens is 2. The van der Waals surface area contributed by atoms with Crippen LogP contribution in [0.15, 0.2) is 63.0 Å². The zero-order valence-electron chi connectivity index (χ0n) is 10.1. The summed E-state index contributed by atoms with van der Waals surface area (Å²) in [6.07, 6.45) is 1.43. The molecule has 0 amide bonds. The van der Waals surface area contributed by atoms with Gasteiger partial charge in [-0.2, -0.15) is 13.5 Å². The topological polar surface area (TPSA) is 58.5 Å². The number of nitrogens with zero attached hydrogens (tertiary/aromatic N) is 1. The third kappa shape index (κ3) is 4.06. The Hall–Kier alpha value is -1.37. The lowest BCUT2D eigenvalue weighted by atomic mass is 10.2. The van der Waals surface area contributed by atoms with Gasteiger partial charge in [0.15, 0.2) is 0 Å². The molecule has 0 heterocycles. The minimum absolute atomic E-state index is 0.105. The maximum Gasteiger partial charge on any atom is 0.276 e. The maximum absolute atomic E-state index is 11.9. The summed E-state index contributed by atoms with van der Waals surface area (Å²) in [4.78, 5) is 2.25. The van der Waals surface area contributed by atoms with E-state index in [0.717, 1.165) is 10.0 Å². The molecule has 2 aromatic carbocycles. The number of sulfonamides is 1. The summed E-state index contributed by atoms with van der Waals surface area (Å²) in [6.45, 7) is 0. The van der Waals surface area contributed by atoms with E-state index in [1.54, 1.807) is 0 Å². The van der Waals surface area contributed by atoms with E-state index in [2.05, 4.69) is 25.9 Å². The third-order valence-corrected chi connectivity index (χ3v) is 4.34. The number of benzene rings is 2. The molecule has 1 N–H and O–H groups in total. The largest absolute Gasteiger partial charge is 0.276 e. The molecule has 0 saturated carbocycles. The van der Waals surface area contributed by atoms with E-state index < -0.39 is 10.0 Å². The number of nitrogens with one attached hydrogen (secondary N) is 1. The van der Waals surface area contributed by atoms with Crippen LogP contribution in [0.25, 0.3) is 0 Å². The Morgan fingerprint density at radius 3 is 2.50 bits per heavy atom. The second-order valence-electron chi connectivity index (χ2n) is 3.86. The first-order valence-corrected chi connectivity index (χ1v) is 8.19. The molecule has 0 spiro atoms. The molecule has 0 unspecified atom stereocenters. The number of hydrogen-bond donors (Lipinski definition) is 1. The molecule has 0 aliphatic carbocycles. The van der Waals surface area contributed by atoms with Gasteiger partial charge in [-0.1, -0.05) is 39.7 Å². The van der Waals surface area contributed by atoms with Gasteiger partial charge in [-0.25, -0.2) is 4.83 Å². The van der Waals surface area contributed by atoms with Gasteiger partial charge in [0.05, 0.1) is 11.1 Å². The Balaban J connectivity index is 2.11. The van der Waals surface area contributed by atoms with E-state index in [4.69, 9.17) is 11.6 Å². The van der Waals surface area contributed by atoms with Crippen molar-refractivity contribution in [2.24, 2.45) is 5.10 Å². The fourth-order valence-corrected chi connectivity index (χ4v) is 2.76. The minimum atomic E-state index is -3.68. The van der Waals surface area contributed by atoms with Gasteiger partial charge < -0.3 is 0 Å². The van der Waals surface area contributed by atoms with Crippen LogP contribution in [0.3, 0.4) is 0 Å². The summed E-state index contributed by atoms with van der Waals surface area (Å²) < 4.78 is 24.7. The molecule has 7 heteroatoms. The highest BCUT2D eigenvalue weighted by Crippen LogP contribution is 2.14. The predicted molar refractivity (Wildman–Crippen MR) is 83.5 cm³/mol. The van der Waals surface area contributed by atoms with E-state index >= 15 is 0 Å². The fraction of sp³-hybridized carbons (Fsp3) is 0. The zero-order chi connectivity index (χ0) is 14.6. The summed E-state index contributed by atoms with van der Waals surface area (Å²) in [5.41, 5.74) is 0.776. The van der Waals surface area contributed by atoms with Crippen molar-refractivity contribution in [1.82, 2.24) is 4.83 Å². The van der Waals surface area contributed by atoms with Crippen molar-refractivity contribution in [2.45, 2.75) is 4.90 Å². The Kier molecular flexibility index (Phi) is 4.80. The van der Waals surface area contributed by atoms with Crippen molar-refractivity contribution in [1.29, 1.82) is 0 Å². The quantitative estimate of drug-likeness (QED) is 0.659. The number of hydrazone groups is 1. The molecule has 20 heavy (non-hydrogen) atoms. The van der Waals surface area contributed by atoms with Crippen molar-refractivity contribution in [3.8, 4) is 0 Å². The summed E-state index contributed by atoms with van der Waals surface area (Å²) in [5, 5.41) is 4.21. The Morgan fingerprint density at radius 1 is 1.15 bits per heavy atom. The first-order valence-electron chi connectivity index (χ1n) is 5.53. The van der Waals surface area contributed by atoms with Crippen LogP contribution in [0.2, 0.25) is 5.02 Å². The molecule has 0 fully saturated rings. The lowest BCUT2D eigenvalue weighted by Gasteiger charge is -2.03. The molecule has 0 atom stereocenters. The standard InChI is InChI=1S/C13H10BrClN2O2S/c14-11-3-1-2-10(8-11)9-16-17-20(18,19)13-6-4-12(15)5-7-13/h1-9,17H. The van der Waals surface area contributed by atoms with E-state index in [-0.39, 0.29) is 4.90 Å². The smallest absolute Gasteiger partial charge is 0.200 e. The van der Waals surface area contributed by atoms with Crippen LogP contribution < -0.4 is 4.83 Å². The second-order valence-corrected chi connectivity index (χ2v) is 6.87. The molecule has 4 nitrogen and oxygen atoms in total. The van der Waals surface area contributed by atoms with Crippen molar-refractivity contribution in [3.05, 3.63) is 63.6 Å². The minimum Gasteiger partial charge on any atom is -0.200 e. The predicted octanol–water partition coefficient (Wildman–Crippen LogP) is 3.41. The molecular formula is C13H10BrClN2O2S. The first-order chi connectivity index (χ1) is 9.47. The average molecular weight is 374 g/mol. The van der Waals surface area contributed by atoms with Crippen LogP contribution in [0.5, 0.6) is 0 Å². The molecular weight excluding hydrogens is 364 g/mol. The average Bonchev–Trinajstić information content (AvgIpc) is 2.39. The van der Waals surface area contributed by atoms with Gasteiger partial charge in [0.25, 0.3) is 10.0 Å². The van der Waals surface area contributed by atoms with Crippen LogP contribution >= 0.6 is 27.5 Å². The third-order valence-electron chi connectivity index (χ3n) is 2.36. The lowest BCUT2D eigenvalue weighted by Crippen LogP contribution is -2.18. The number of rotatable bonds is 4. The fourth-order valence-electron chi connectivity index (χ4n) is 1.42. The van der Waals surface area contributed by atoms with Gasteiger partial charge in [-0.3, -0.25) is 0 Å². The lowest BCUT2D eigenvalue weighted by molar-refractivity contribution is 0.584. The second kappa shape index (κ2) is 6.39. The first kappa shape index (κ1) is 15.0. The van der Waals surface area contributed by atoms with Crippen molar-refractivity contribution in [2.75, 3.05) is 0 Å². The molecule has 0 radical (unpaired) electrons. The monoisotopic (exact) mass is 372 g/mol. The van der Waals surface area contributed by atoms with Crippen LogP contribution in [-0.2, 0) is 10.0 Å². The van der Waals surface area contributed by atoms with Gasteiger partial charge in [0.2, 0.25) is 0 Å². The van der Waals surface area contributed by atoms with Gasteiger partial charge in [0.1, 0.15) is 0 Å². The SMILES string of the molecule is O=S(=O)(NN=Cc1cccc(Br)c1)c1ccc(Cl)cc1. The van der Waals surface area contributed by atoms with Gasteiger partial charge >= 0.3 is 0 Å². The van der Waals surface area contributed by atoms with Crippen molar-refractivity contribution >= 4 is 43.8 Å². The highest BCUT2D eigenvalue weighted by atomic mass is 79.9. The molecule has 104 valence electrons. The van der Waals surface area contributed by atoms with Crippen LogP contribution in [0.4, 0.5) is 0 Å². The normalized spacial score (nSPS) is 11.7. The maximum atomic E-state index is 11.9. The van der Waals surface area contributed by atoms with Gasteiger partial charge in [0, 0.05) is 9.50 Å². The molecule has 0 aromatic heterocycles. The van der Waals surface area contributed by atoms with Gasteiger partial charge in [-0.15, -0.1) is 0 Å². The van der Waals surface area contributed by atoms with E-state index in [1.165, 1.54) is 30.5 Å². The molecule has 0 aliphatic heterocycles. The van der Waals surface area contributed by atoms with Crippen molar-refractivity contribution in [3.63, 3.8) is 0 Å². The number of hydrogen-bond acceptors (Lipinski definition) is 3. The Morgan fingerprint density at radius 2 is 1.85 bits per heavy atom. The van der Waals surface area contributed by atoms with E-state index in [9.17, 15) is 8.42 Å². The molecule has 0 bridgehead atoms. The van der Waals surface area contributed by atoms with E-state index in [1.807, 2.05) is 24.3 Å². The Labute approximate surface area is 130 Å². The summed E-state index contributed by atoms with van der Waals surface area (Å²) in [5.74, 6) is 0. The molecule has 0 aliphatic rings. The highest BCUT2D eigenvalue weighted by molar-refractivity contribution is 9.10. The van der Waals surface area contributed by atoms with Gasteiger partial charge in [-0.05, 0) is 42.0 Å². The highest BCUT2D eigenvalue weighted by Gasteiger charge is 2.11. The molecule has 0 saturated heterocycles.